The third kappa shape index (κ3) is 5.05. The number of hydrogen-bond acceptors (Lipinski definition) is 7. The molecule has 2 aromatic carbocycles. The lowest BCUT2D eigenvalue weighted by atomic mass is 10.2. The summed E-state index contributed by atoms with van der Waals surface area (Å²) in [5, 5.41) is 10.4. The summed E-state index contributed by atoms with van der Waals surface area (Å²) >= 11 is 0. The number of aryl methyl sites for hydroxylation is 1. The van der Waals surface area contributed by atoms with Crippen molar-refractivity contribution < 1.29 is 13.9 Å². The van der Waals surface area contributed by atoms with E-state index in [0.717, 1.165) is 6.08 Å². The van der Waals surface area contributed by atoms with Gasteiger partial charge >= 0.3 is 0 Å². The summed E-state index contributed by atoms with van der Waals surface area (Å²) in [4.78, 5) is 34.4. The quantitative estimate of drug-likeness (QED) is 0.322. The van der Waals surface area contributed by atoms with Gasteiger partial charge in [-0.3, -0.25) is 18.8 Å². The first-order valence-electron chi connectivity index (χ1n) is 11.1. The van der Waals surface area contributed by atoms with Gasteiger partial charge in [0.2, 0.25) is 11.9 Å². The van der Waals surface area contributed by atoms with Crippen LogP contribution in [0.1, 0.15) is 0 Å². The molecule has 3 aromatic heterocycles. The number of halogens is 1. The molecule has 5 rings (SSSR count). The van der Waals surface area contributed by atoms with Crippen LogP contribution < -0.4 is 20.9 Å². The zero-order valence-corrected chi connectivity index (χ0v) is 19.6. The van der Waals surface area contributed by atoms with E-state index < -0.39 is 17.3 Å². The van der Waals surface area contributed by atoms with Crippen LogP contribution in [0.5, 0.6) is 11.5 Å². The van der Waals surface area contributed by atoms with Crippen molar-refractivity contribution in [3.63, 3.8) is 0 Å². The molecule has 0 bridgehead atoms. The minimum Gasteiger partial charge on any atom is -0.452 e. The molecule has 0 aliphatic heterocycles. The molecule has 0 saturated carbocycles. The second-order valence-electron chi connectivity index (χ2n) is 7.95. The van der Waals surface area contributed by atoms with Gasteiger partial charge in [0.15, 0.2) is 11.4 Å². The predicted octanol–water partition coefficient (Wildman–Crippen LogP) is 4.31. The lowest BCUT2D eigenvalue weighted by Gasteiger charge is -2.14. The molecule has 184 valence electrons. The highest BCUT2D eigenvalue weighted by atomic mass is 19.1. The monoisotopic (exact) mass is 497 g/mol. The van der Waals surface area contributed by atoms with E-state index >= 15 is 0 Å². The average molecular weight is 497 g/mol. The van der Waals surface area contributed by atoms with Gasteiger partial charge in [-0.1, -0.05) is 12.6 Å². The van der Waals surface area contributed by atoms with E-state index in [1.54, 1.807) is 54.6 Å². The minimum absolute atomic E-state index is 0.0174. The molecule has 5 aromatic rings. The van der Waals surface area contributed by atoms with Crippen LogP contribution in [-0.4, -0.2) is 30.2 Å². The lowest BCUT2D eigenvalue weighted by Crippen LogP contribution is -2.21. The largest absolute Gasteiger partial charge is 0.452 e. The SMILES string of the molecule is C=CC(=O)Nc1cccc(-n2c(=O)c(Oc3ccc(F)cc3)cc3cnc(Nc4cnn(C)c4)nc32)c1. The van der Waals surface area contributed by atoms with Gasteiger partial charge in [0, 0.05) is 30.5 Å². The fraction of sp³-hybridized carbons (Fsp3) is 0.0385. The minimum atomic E-state index is -0.518. The van der Waals surface area contributed by atoms with Crippen molar-refractivity contribution in [2.24, 2.45) is 7.05 Å². The van der Waals surface area contributed by atoms with Crippen LogP contribution in [0.4, 0.5) is 21.7 Å². The van der Waals surface area contributed by atoms with Crippen LogP contribution in [-0.2, 0) is 11.8 Å². The van der Waals surface area contributed by atoms with Gasteiger partial charge in [-0.25, -0.2) is 9.37 Å². The summed E-state index contributed by atoms with van der Waals surface area (Å²) in [6, 6.07) is 13.5. The van der Waals surface area contributed by atoms with Gasteiger partial charge in [0.25, 0.3) is 5.56 Å². The Morgan fingerprint density at radius 2 is 1.92 bits per heavy atom. The molecule has 0 fully saturated rings. The summed E-state index contributed by atoms with van der Waals surface area (Å²) in [6.07, 6.45) is 6.07. The maximum atomic E-state index is 13.7. The normalized spacial score (nSPS) is 10.8. The summed E-state index contributed by atoms with van der Waals surface area (Å²) in [5.41, 5.74) is 1.32. The molecular formula is C26H20FN7O3. The van der Waals surface area contributed by atoms with Crippen molar-refractivity contribution in [2.45, 2.75) is 0 Å². The van der Waals surface area contributed by atoms with E-state index in [1.807, 2.05) is 0 Å². The molecule has 0 aliphatic carbocycles. The second-order valence-corrected chi connectivity index (χ2v) is 7.95. The number of aromatic nitrogens is 5. The van der Waals surface area contributed by atoms with Crippen LogP contribution >= 0.6 is 0 Å². The molecule has 0 radical (unpaired) electrons. The van der Waals surface area contributed by atoms with Gasteiger partial charge in [-0.05, 0) is 54.6 Å². The van der Waals surface area contributed by atoms with Crippen molar-refractivity contribution in [3.8, 4) is 17.2 Å². The third-order valence-corrected chi connectivity index (χ3v) is 5.27. The van der Waals surface area contributed by atoms with Gasteiger partial charge in [-0.15, -0.1) is 0 Å². The second kappa shape index (κ2) is 9.74. The van der Waals surface area contributed by atoms with Gasteiger partial charge in [0.05, 0.1) is 17.6 Å². The fourth-order valence-electron chi connectivity index (χ4n) is 3.61. The van der Waals surface area contributed by atoms with E-state index in [-0.39, 0.29) is 17.4 Å². The number of amides is 1. The number of carbonyl (C=O) groups excluding carboxylic acids is 1. The first kappa shape index (κ1) is 23.4. The standard InChI is InChI=1S/C26H20FN7O3/c1-3-23(35)30-18-5-4-6-20(12-18)34-24-16(13-28-26(32-24)31-19-14-29-33(2)15-19)11-22(25(34)36)37-21-9-7-17(27)8-10-21/h3-15H,1H2,2H3,(H,30,35)(H,28,31,32). The number of nitrogens with one attached hydrogen (secondary N) is 2. The average Bonchev–Trinajstić information content (AvgIpc) is 3.30. The van der Waals surface area contributed by atoms with Gasteiger partial charge < -0.3 is 15.4 Å². The third-order valence-electron chi connectivity index (χ3n) is 5.27. The van der Waals surface area contributed by atoms with Crippen LogP contribution in [0.15, 0.2) is 90.6 Å². The smallest absolute Gasteiger partial charge is 0.299 e. The maximum absolute atomic E-state index is 13.7. The Kier molecular flexibility index (Phi) is 6.17. The molecule has 0 saturated heterocycles. The summed E-state index contributed by atoms with van der Waals surface area (Å²) < 4.78 is 22.2. The summed E-state index contributed by atoms with van der Waals surface area (Å²) in [7, 11) is 1.78. The zero-order valence-electron chi connectivity index (χ0n) is 19.6. The summed E-state index contributed by atoms with van der Waals surface area (Å²) in [6.45, 7) is 3.46. The molecule has 0 aliphatic rings. The van der Waals surface area contributed by atoms with E-state index in [2.05, 4.69) is 32.3 Å². The number of benzene rings is 2. The molecule has 11 heteroatoms. The first-order chi connectivity index (χ1) is 17.9. The number of pyridine rings is 1. The molecule has 0 unspecified atom stereocenters. The highest BCUT2D eigenvalue weighted by Gasteiger charge is 2.16. The number of carbonyl (C=O) groups is 1. The zero-order chi connectivity index (χ0) is 25.9. The molecule has 10 nitrogen and oxygen atoms in total. The summed E-state index contributed by atoms with van der Waals surface area (Å²) in [5.74, 6) is -0.308. The Morgan fingerprint density at radius 3 is 2.65 bits per heavy atom. The number of hydrogen-bond donors (Lipinski definition) is 2. The molecule has 0 spiro atoms. The van der Waals surface area contributed by atoms with E-state index in [4.69, 9.17) is 4.74 Å². The molecule has 0 atom stereocenters. The number of ether oxygens (including phenoxy) is 1. The predicted molar refractivity (Wildman–Crippen MR) is 137 cm³/mol. The van der Waals surface area contributed by atoms with Gasteiger partial charge in [-0.2, -0.15) is 10.1 Å². The van der Waals surface area contributed by atoms with Crippen LogP contribution in [0.2, 0.25) is 0 Å². The number of fused-ring (bicyclic) bond motifs is 1. The highest BCUT2D eigenvalue weighted by Crippen LogP contribution is 2.26. The van der Waals surface area contributed by atoms with Crippen molar-refractivity contribution >= 4 is 34.3 Å². The Bertz CT molecular complexity index is 1690. The van der Waals surface area contributed by atoms with Gasteiger partial charge in [0.1, 0.15) is 11.6 Å². The molecule has 3 heterocycles. The molecule has 2 N–H and O–H groups in total. The van der Waals surface area contributed by atoms with Crippen LogP contribution in [0, 0.1) is 5.82 Å². The fourth-order valence-corrected chi connectivity index (χ4v) is 3.61. The number of nitrogens with zero attached hydrogens (tertiary/aromatic N) is 5. The van der Waals surface area contributed by atoms with Crippen LogP contribution in [0.3, 0.4) is 0 Å². The van der Waals surface area contributed by atoms with Crippen molar-refractivity contribution in [1.82, 2.24) is 24.3 Å². The Labute approximate surface area is 209 Å². The molecule has 1 amide bonds. The maximum Gasteiger partial charge on any atom is 0.299 e. The number of anilines is 3. The van der Waals surface area contributed by atoms with Crippen molar-refractivity contribution in [2.75, 3.05) is 10.6 Å². The Hall–Kier alpha value is -5.32. The Morgan fingerprint density at radius 1 is 1.11 bits per heavy atom. The Balaban J connectivity index is 1.66. The first-order valence-corrected chi connectivity index (χ1v) is 11.1. The lowest BCUT2D eigenvalue weighted by molar-refractivity contribution is -0.111. The van der Waals surface area contributed by atoms with E-state index in [0.29, 0.717) is 28.1 Å². The van der Waals surface area contributed by atoms with Crippen molar-refractivity contribution in [3.05, 3.63) is 102 Å². The van der Waals surface area contributed by atoms with E-state index in [1.165, 1.54) is 34.9 Å². The van der Waals surface area contributed by atoms with E-state index in [9.17, 15) is 14.0 Å². The molecular weight excluding hydrogens is 477 g/mol. The highest BCUT2D eigenvalue weighted by molar-refractivity contribution is 5.99. The molecule has 37 heavy (non-hydrogen) atoms. The number of rotatable bonds is 7. The van der Waals surface area contributed by atoms with Crippen molar-refractivity contribution in [1.29, 1.82) is 0 Å². The van der Waals surface area contributed by atoms with Crippen LogP contribution in [0.25, 0.3) is 16.7 Å². The topological polar surface area (TPSA) is 116 Å².